The number of ether oxygens (including phenoxy) is 2. The fraction of sp³-hybridized carbons (Fsp3) is 0.370. The molecular weight excluding hydrogens is 452 g/mol. The standard InChI is InChI=1S/C27H25ClN2O4/c1-2-33-23-11-15(7-10-22(23)34-14-16-5-3-4-6-21(16)28)13-29-30-26(31)24-17-8-9-18(20-12-19(17)20)25(24)27(30)32/h3-11,13,17-20,24-25H,2,12,14H2,1H3/t17-,18-,19-,20-,24+,25+/m0/s1. The Balaban J connectivity index is 1.19. The molecule has 6 nitrogen and oxygen atoms in total. The van der Waals surface area contributed by atoms with Crippen LogP contribution in [-0.2, 0) is 16.2 Å². The molecule has 1 heterocycles. The number of hydrazone groups is 1. The molecule has 7 heteroatoms. The summed E-state index contributed by atoms with van der Waals surface area (Å²) >= 11 is 6.23. The van der Waals surface area contributed by atoms with Crippen LogP contribution in [0.3, 0.4) is 0 Å². The van der Waals surface area contributed by atoms with E-state index in [1.54, 1.807) is 18.3 Å². The first-order chi connectivity index (χ1) is 16.6. The van der Waals surface area contributed by atoms with Gasteiger partial charge in [0.1, 0.15) is 6.61 Å². The number of halogens is 1. The highest BCUT2D eigenvalue weighted by Gasteiger charge is 2.67. The number of carbonyl (C=O) groups excluding carboxylic acids is 2. The molecular formula is C27H25ClN2O4. The zero-order valence-electron chi connectivity index (χ0n) is 18.8. The lowest BCUT2D eigenvalue weighted by Gasteiger charge is -2.37. The van der Waals surface area contributed by atoms with E-state index in [0.717, 1.165) is 17.0 Å². The van der Waals surface area contributed by atoms with Crippen molar-refractivity contribution in [2.45, 2.75) is 20.0 Å². The highest BCUT2D eigenvalue weighted by Crippen LogP contribution is 2.65. The summed E-state index contributed by atoms with van der Waals surface area (Å²) in [5.74, 6) is 1.85. The van der Waals surface area contributed by atoms with Crippen LogP contribution in [0.4, 0.5) is 0 Å². The summed E-state index contributed by atoms with van der Waals surface area (Å²) in [7, 11) is 0. The molecule has 2 aromatic carbocycles. The third-order valence-corrected chi connectivity index (χ3v) is 7.94. The number of benzene rings is 2. The summed E-state index contributed by atoms with van der Waals surface area (Å²) in [5, 5.41) is 6.06. The molecule has 0 unspecified atom stereocenters. The highest BCUT2D eigenvalue weighted by atomic mass is 35.5. The molecule has 6 atom stereocenters. The number of imide groups is 1. The second-order valence-corrected chi connectivity index (χ2v) is 9.81. The Morgan fingerprint density at radius 1 is 1.00 bits per heavy atom. The summed E-state index contributed by atoms with van der Waals surface area (Å²) in [4.78, 5) is 26.2. The lowest BCUT2D eigenvalue weighted by atomic mass is 9.63. The van der Waals surface area contributed by atoms with Crippen LogP contribution in [0.2, 0.25) is 5.02 Å². The SMILES string of the molecule is CCOc1cc(C=NN2C(=O)[C@@H]3[C@H]4C=C[C@@H]([C@@H]5C[C@@H]45)[C@H]3C2=O)ccc1OCc1ccccc1Cl. The Hall–Kier alpha value is -3.12. The maximum absolute atomic E-state index is 13.1. The average Bonchev–Trinajstić information content (AvgIpc) is 3.63. The second-order valence-electron chi connectivity index (χ2n) is 9.41. The number of hydrogen-bond acceptors (Lipinski definition) is 5. The van der Waals surface area contributed by atoms with Gasteiger partial charge in [-0.15, -0.1) is 0 Å². The van der Waals surface area contributed by atoms with E-state index in [4.69, 9.17) is 21.1 Å². The van der Waals surface area contributed by atoms with Crippen molar-refractivity contribution < 1.29 is 19.1 Å². The van der Waals surface area contributed by atoms with Crippen molar-refractivity contribution in [2.24, 2.45) is 40.6 Å². The Labute approximate surface area is 203 Å². The first kappa shape index (κ1) is 21.4. The number of rotatable bonds is 7. The van der Waals surface area contributed by atoms with E-state index in [2.05, 4.69) is 17.3 Å². The minimum absolute atomic E-state index is 0.166. The highest BCUT2D eigenvalue weighted by molar-refractivity contribution is 6.31. The summed E-state index contributed by atoms with van der Waals surface area (Å²) in [6.07, 6.45) is 7.01. The van der Waals surface area contributed by atoms with Gasteiger partial charge in [0.05, 0.1) is 24.7 Å². The van der Waals surface area contributed by atoms with Gasteiger partial charge in [0, 0.05) is 10.6 Å². The van der Waals surface area contributed by atoms with Crippen molar-refractivity contribution in [1.29, 1.82) is 0 Å². The smallest absolute Gasteiger partial charge is 0.254 e. The van der Waals surface area contributed by atoms with Gasteiger partial charge < -0.3 is 9.47 Å². The van der Waals surface area contributed by atoms with Gasteiger partial charge >= 0.3 is 0 Å². The molecule has 4 aliphatic carbocycles. The summed E-state index contributed by atoms with van der Waals surface area (Å²) in [6.45, 7) is 2.67. The summed E-state index contributed by atoms with van der Waals surface area (Å²) in [5.41, 5.74) is 1.60. The van der Waals surface area contributed by atoms with Crippen molar-refractivity contribution in [3.8, 4) is 11.5 Å². The maximum Gasteiger partial charge on any atom is 0.254 e. The van der Waals surface area contributed by atoms with E-state index >= 15 is 0 Å². The number of nitrogens with zero attached hydrogens (tertiary/aromatic N) is 2. The normalized spacial score (nSPS) is 30.6. The van der Waals surface area contributed by atoms with Crippen LogP contribution in [0.25, 0.3) is 0 Å². The minimum Gasteiger partial charge on any atom is -0.490 e. The predicted molar refractivity (Wildman–Crippen MR) is 128 cm³/mol. The number of amides is 2. The molecule has 174 valence electrons. The van der Waals surface area contributed by atoms with Crippen molar-refractivity contribution in [3.05, 3.63) is 70.8 Å². The first-order valence-electron chi connectivity index (χ1n) is 11.8. The van der Waals surface area contributed by atoms with E-state index < -0.39 is 0 Å². The molecule has 2 saturated carbocycles. The van der Waals surface area contributed by atoms with Crippen LogP contribution >= 0.6 is 11.6 Å². The molecule has 34 heavy (non-hydrogen) atoms. The molecule has 1 saturated heterocycles. The van der Waals surface area contributed by atoms with Crippen LogP contribution in [0.5, 0.6) is 11.5 Å². The monoisotopic (exact) mass is 476 g/mol. The van der Waals surface area contributed by atoms with Gasteiger partial charge in [-0.05, 0) is 66.8 Å². The third-order valence-electron chi connectivity index (χ3n) is 7.57. The van der Waals surface area contributed by atoms with Crippen LogP contribution < -0.4 is 9.47 Å². The van der Waals surface area contributed by atoms with E-state index in [-0.39, 0.29) is 35.5 Å². The van der Waals surface area contributed by atoms with E-state index in [1.807, 2.05) is 37.3 Å². The topological polar surface area (TPSA) is 68.2 Å². The molecule has 2 aromatic rings. The molecule has 0 radical (unpaired) electrons. The number of allylic oxidation sites excluding steroid dienone is 2. The van der Waals surface area contributed by atoms with Crippen molar-refractivity contribution in [1.82, 2.24) is 5.01 Å². The van der Waals surface area contributed by atoms with E-state index in [1.165, 1.54) is 0 Å². The zero-order chi connectivity index (χ0) is 23.4. The summed E-state index contributed by atoms with van der Waals surface area (Å²) < 4.78 is 11.7. The molecule has 0 N–H and O–H groups in total. The second kappa shape index (κ2) is 8.27. The van der Waals surface area contributed by atoms with Gasteiger partial charge in [-0.1, -0.05) is 42.0 Å². The molecule has 2 bridgehead atoms. The van der Waals surface area contributed by atoms with E-state index in [9.17, 15) is 9.59 Å². The van der Waals surface area contributed by atoms with Crippen LogP contribution in [-0.4, -0.2) is 29.6 Å². The molecule has 0 spiro atoms. The molecule has 2 amide bonds. The van der Waals surface area contributed by atoms with Crippen molar-refractivity contribution in [2.75, 3.05) is 6.61 Å². The van der Waals surface area contributed by atoms with Crippen molar-refractivity contribution in [3.63, 3.8) is 0 Å². The lowest BCUT2D eigenvalue weighted by Crippen LogP contribution is -2.40. The molecule has 3 fully saturated rings. The maximum atomic E-state index is 13.1. The Bertz CT molecular complexity index is 1190. The molecule has 0 aromatic heterocycles. The van der Waals surface area contributed by atoms with Gasteiger partial charge in [0.2, 0.25) is 0 Å². The molecule has 7 rings (SSSR count). The van der Waals surface area contributed by atoms with Gasteiger partial charge in [-0.3, -0.25) is 9.59 Å². The Morgan fingerprint density at radius 2 is 1.71 bits per heavy atom. The minimum atomic E-state index is -0.247. The van der Waals surface area contributed by atoms with Gasteiger partial charge in [0.15, 0.2) is 11.5 Å². The number of carbonyl (C=O) groups is 2. The van der Waals surface area contributed by atoms with Crippen LogP contribution in [0.15, 0.2) is 59.7 Å². The Morgan fingerprint density at radius 3 is 2.38 bits per heavy atom. The molecule has 1 aliphatic heterocycles. The largest absolute Gasteiger partial charge is 0.490 e. The number of hydrogen-bond donors (Lipinski definition) is 0. The zero-order valence-corrected chi connectivity index (χ0v) is 19.5. The van der Waals surface area contributed by atoms with Crippen LogP contribution in [0, 0.1) is 35.5 Å². The van der Waals surface area contributed by atoms with E-state index in [0.29, 0.717) is 47.1 Å². The lowest BCUT2D eigenvalue weighted by molar-refractivity contribution is -0.140. The average molecular weight is 477 g/mol. The predicted octanol–water partition coefficient (Wildman–Crippen LogP) is 4.70. The quantitative estimate of drug-likeness (QED) is 0.330. The summed E-state index contributed by atoms with van der Waals surface area (Å²) in [6, 6.07) is 12.9. The van der Waals surface area contributed by atoms with Crippen molar-refractivity contribution >= 4 is 29.6 Å². The van der Waals surface area contributed by atoms with Gasteiger partial charge in [-0.2, -0.15) is 10.1 Å². The Kier molecular flexibility index (Phi) is 5.21. The van der Waals surface area contributed by atoms with Gasteiger partial charge in [-0.25, -0.2) is 0 Å². The van der Waals surface area contributed by atoms with Gasteiger partial charge in [0.25, 0.3) is 11.8 Å². The third kappa shape index (κ3) is 3.43. The fourth-order valence-electron chi connectivity index (χ4n) is 5.94. The fourth-order valence-corrected chi connectivity index (χ4v) is 6.13. The first-order valence-corrected chi connectivity index (χ1v) is 12.2. The molecule has 5 aliphatic rings. The van der Waals surface area contributed by atoms with Crippen LogP contribution in [0.1, 0.15) is 24.5 Å².